The van der Waals surface area contributed by atoms with E-state index in [0.29, 0.717) is 30.4 Å². The number of carbonyl (C=O) groups is 1. The van der Waals surface area contributed by atoms with Gasteiger partial charge in [-0.3, -0.25) is 4.79 Å². The van der Waals surface area contributed by atoms with E-state index in [9.17, 15) is 4.79 Å². The smallest absolute Gasteiger partial charge is 0.255 e. The molecule has 3 N–H and O–H groups in total. The Morgan fingerprint density at radius 2 is 2.12 bits per heavy atom. The number of nitrogens with zero attached hydrogens (tertiary/aromatic N) is 1. The van der Waals surface area contributed by atoms with Crippen molar-refractivity contribution in [2.45, 2.75) is 39.3 Å². The van der Waals surface area contributed by atoms with Crippen molar-refractivity contribution in [2.75, 3.05) is 6.54 Å². The number of hydrogen-bond donors (Lipinski definition) is 2. The normalized spacial score (nSPS) is 14.5. The molecule has 0 bridgehead atoms. The molecular formula is C18H24ClN3O3. The minimum absolute atomic E-state index is 0. The van der Waals surface area contributed by atoms with E-state index < -0.39 is 0 Å². The summed E-state index contributed by atoms with van der Waals surface area (Å²) < 4.78 is 11.0. The molecule has 0 radical (unpaired) electrons. The molecule has 0 spiro atoms. The molecule has 2 aromatic rings. The molecule has 1 heterocycles. The molecule has 0 saturated heterocycles. The van der Waals surface area contributed by atoms with Crippen LogP contribution in [0.15, 0.2) is 28.8 Å². The number of benzene rings is 1. The van der Waals surface area contributed by atoms with Crippen LogP contribution in [0.1, 0.15) is 40.2 Å². The fourth-order valence-electron chi connectivity index (χ4n) is 2.75. The summed E-state index contributed by atoms with van der Waals surface area (Å²) in [6, 6.07) is 7.26. The monoisotopic (exact) mass is 365 g/mol. The van der Waals surface area contributed by atoms with Gasteiger partial charge in [0, 0.05) is 12.6 Å². The second-order valence-corrected chi connectivity index (χ2v) is 6.24. The van der Waals surface area contributed by atoms with Crippen LogP contribution in [0.25, 0.3) is 0 Å². The van der Waals surface area contributed by atoms with Crippen molar-refractivity contribution in [3.63, 3.8) is 0 Å². The van der Waals surface area contributed by atoms with Gasteiger partial charge in [0.1, 0.15) is 18.1 Å². The molecule has 6 nitrogen and oxygen atoms in total. The van der Waals surface area contributed by atoms with E-state index in [1.54, 1.807) is 12.1 Å². The summed E-state index contributed by atoms with van der Waals surface area (Å²) in [4.78, 5) is 12.6. The van der Waals surface area contributed by atoms with Gasteiger partial charge < -0.3 is 20.3 Å². The summed E-state index contributed by atoms with van der Waals surface area (Å²) in [7, 11) is 0. The third-order valence-corrected chi connectivity index (χ3v) is 4.45. The van der Waals surface area contributed by atoms with E-state index in [2.05, 4.69) is 10.5 Å². The minimum Gasteiger partial charge on any atom is -0.488 e. The van der Waals surface area contributed by atoms with Crippen molar-refractivity contribution in [3.8, 4) is 5.75 Å². The molecule has 0 aliphatic heterocycles. The Morgan fingerprint density at radius 1 is 1.40 bits per heavy atom. The van der Waals surface area contributed by atoms with E-state index in [1.807, 2.05) is 26.0 Å². The molecule has 25 heavy (non-hydrogen) atoms. The van der Waals surface area contributed by atoms with Gasteiger partial charge in [0.05, 0.1) is 16.8 Å². The van der Waals surface area contributed by atoms with Gasteiger partial charge in [-0.1, -0.05) is 17.3 Å². The van der Waals surface area contributed by atoms with E-state index >= 15 is 0 Å². The number of nitrogens with one attached hydrogen (secondary N) is 1. The Labute approximate surface area is 153 Å². The van der Waals surface area contributed by atoms with Gasteiger partial charge in [-0.25, -0.2) is 0 Å². The SMILES string of the molecule is Cc1noc(C)c1COc1ccccc1C(=O)NC(CN)C1CC1.Cl. The van der Waals surface area contributed by atoms with Gasteiger partial charge in [-0.2, -0.15) is 0 Å². The van der Waals surface area contributed by atoms with Crippen LogP contribution in [-0.4, -0.2) is 23.7 Å². The quantitative estimate of drug-likeness (QED) is 0.787. The topological polar surface area (TPSA) is 90.4 Å². The van der Waals surface area contributed by atoms with Crippen molar-refractivity contribution in [1.29, 1.82) is 0 Å². The van der Waals surface area contributed by atoms with E-state index in [-0.39, 0.29) is 24.4 Å². The molecule has 1 aliphatic carbocycles. The molecule has 1 unspecified atom stereocenters. The van der Waals surface area contributed by atoms with Crippen molar-refractivity contribution in [1.82, 2.24) is 10.5 Å². The Morgan fingerprint density at radius 3 is 2.72 bits per heavy atom. The molecule has 1 saturated carbocycles. The van der Waals surface area contributed by atoms with Crippen molar-refractivity contribution < 1.29 is 14.1 Å². The number of ether oxygens (including phenoxy) is 1. The molecule has 1 amide bonds. The lowest BCUT2D eigenvalue weighted by atomic mass is 10.1. The Kier molecular flexibility index (Phi) is 6.45. The molecule has 1 aromatic heterocycles. The summed E-state index contributed by atoms with van der Waals surface area (Å²) in [5, 5.41) is 6.94. The fraction of sp³-hybridized carbons (Fsp3) is 0.444. The standard InChI is InChI=1S/C18H23N3O3.ClH/c1-11-15(12(2)24-21-11)10-23-17-6-4-3-5-14(17)18(22)20-16(9-19)13-7-8-13;/h3-6,13,16H,7-10,19H2,1-2H3,(H,20,22);1H. The Balaban J connectivity index is 0.00000225. The third-order valence-electron chi connectivity index (χ3n) is 4.45. The van der Waals surface area contributed by atoms with Crippen LogP contribution in [0, 0.1) is 19.8 Å². The van der Waals surface area contributed by atoms with Crippen LogP contribution in [0.2, 0.25) is 0 Å². The molecule has 1 aliphatic rings. The van der Waals surface area contributed by atoms with Gasteiger partial charge in [0.25, 0.3) is 5.91 Å². The van der Waals surface area contributed by atoms with Crippen molar-refractivity contribution in [2.24, 2.45) is 11.7 Å². The van der Waals surface area contributed by atoms with Crippen LogP contribution in [0.3, 0.4) is 0 Å². The molecule has 3 rings (SSSR count). The maximum absolute atomic E-state index is 12.6. The number of carbonyl (C=O) groups excluding carboxylic acids is 1. The number of halogens is 1. The lowest BCUT2D eigenvalue weighted by Gasteiger charge is -2.17. The average molecular weight is 366 g/mol. The zero-order valence-corrected chi connectivity index (χ0v) is 15.3. The zero-order valence-electron chi connectivity index (χ0n) is 14.5. The van der Waals surface area contributed by atoms with E-state index in [0.717, 1.165) is 29.9 Å². The van der Waals surface area contributed by atoms with Crippen molar-refractivity contribution in [3.05, 3.63) is 46.8 Å². The predicted molar refractivity (Wildman–Crippen MR) is 97.0 cm³/mol. The first kappa shape index (κ1) is 19.3. The highest BCUT2D eigenvalue weighted by atomic mass is 35.5. The number of nitrogens with two attached hydrogens (primary N) is 1. The fourth-order valence-corrected chi connectivity index (χ4v) is 2.75. The molecule has 1 atom stereocenters. The van der Waals surface area contributed by atoms with Gasteiger partial charge in [0.15, 0.2) is 0 Å². The van der Waals surface area contributed by atoms with Gasteiger partial charge in [-0.15, -0.1) is 12.4 Å². The second-order valence-electron chi connectivity index (χ2n) is 6.24. The number of amides is 1. The van der Waals surface area contributed by atoms with Crippen molar-refractivity contribution >= 4 is 18.3 Å². The first-order valence-electron chi connectivity index (χ1n) is 8.24. The Bertz CT molecular complexity index is 709. The highest BCUT2D eigenvalue weighted by molar-refractivity contribution is 5.97. The molecule has 1 aromatic carbocycles. The largest absolute Gasteiger partial charge is 0.488 e. The Hall–Kier alpha value is -2.05. The van der Waals surface area contributed by atoms with Gasteiger partial charge in [-0.05, 0) is 44.7 Å². The molecule has 136 valence electrons. The number of hydrogen-bond acceptors (Lipinski definition) is 5. The number of aromatic nitrogens is 1. The highest BCUT2D eigenvalue weighted by Crippen LogP contribution is 2.32. The molecule has 7 heteroatoms. The van der Waals surface area contributed by atoms with Crippen LogP contribution < -0.4 is 15.8 Å². The average Bonchev–Trinajstić information content (AvgIpc) is 3.38. The molecule has 1 fully saturated rings. The first-order chi connectivity index (χ1) is 11.6. The van der Waals surface area contributed by atoms with Crippen LogP contribution >= 0.6 is 12.4 Å². The maximum atomic E-state index is 12.6. The second kappa shape index (κ2) is 8.36. The lowest BCUT2D eigenvalue weighted by Crippen LogP contribution is -2.41. The van der Waals surface area contributed by atoms with Gasteiger partial charge in [0.2, 0.25) is 0 Å². The summed E-state index contributed by atoms with van der Waals surface area (Å²) in [6.45, 7) is 4.49. The van der Waals surface area contributed by atoms with Gasteiger partial charge >= 0.3 is 0 Å². The summed E-state index contributed by atoms with van der Waals surface area (Å²) in [5.74, 6) is 1.63. The van der Waals surface area contributed by atoms with E-state index in [1.165, 1.54) is 0 Å². The number of rotatable bonds is 7. The number of para-hydroxylation sites is 1. The van der Waals surface area contributed by atoms with Crippen LogP contribution in [0.4, 0.5) is 0 Å². The van der Waals surface area contributed by atoms with Crippen LogP contribution in [-0.2, 0) is 6.61 Å². The summed E-state index contributed by atoms with van der Waals surface area (Å²) >= 11 is 0. The maximum Gasteiger partial charge on any atom is 0.255 e. The minimum atomic E-state index is -0.147. The summed E-state index contributed by atoms with van der Waals surface area (Å²) in [5.41, 5.74) is 7.99. The number of aryl methyl sites for hydroxylation is 2. The summed E-state index contributed by atoms with van der Waals surface area (Å²) in [6.07, 6.45) is 2.26. The highest BCUT2D eigenvalue weighted by Gasteiger charge is 2.31. The van der Waals surface area contributed by atoms with E-state index in [4.69, 9.17) is 15.0 Å². The predicted octanol–water partition coefficient (Wildman–Crippen LogP) is 2.76. The lowest BCUT2D eigenvalue weighted by molar-refractivity contribution is 0.0929. The third kappa shape index (κ3) is 4.52. The zero-order chi connectivity index (χ0) is 17.1. The first-order valence-corrected chi connectivity index (χ1v) is 8.24. The van der Waals surface area contributed by atoms with Crippen LogP contribution in [0.5, 0.6) is 5.75 Å². The molecular weight excluding hydrogens is 342 g/mol.